The molecule has 192 valence electrons. The minimum Gasteiger partial charge on any atom is -0.507 e. The van der Waals surface area contributed by atoms with Crippen molar-refractivity contribution in [3.63, 3.8) is 0 Å². The first kappa shape index (κ1) is 24.6. The highest BCUT2D eigenvalue weighted by molar-refractivity contribution is 9.10. The molecule has 7 nitrogen and oxygen atoms in total. The van der Waals surface area contributed by atoms with Crippen molar-refractivity contribution in [2.75, 3.05) is 10.6 Å². The fourth-order valence-corrected chi connectivity index (χ4v) is 4.93. The van der Waals surface area contributed by atoms with Crippen molar-refractivity contribution in [3.05, 3.63) is 119 Å². The van der Waals surface area contributed by atoms with Crippen LogP contribution in [0, 0.1) is 0 Å². The van der Waals surface area contributed by atoms with E-state index in [4.69, 9.17) is 0 Å². The maximum Gasteiger partial charge on any atom is 0.228 e. The van der Waals surface area contributed by atoms with Crippen molar-refractivity contribution in [2.24, 2.45) is 0 Å². The predicted octanol–water partition coefficient (Wildman–Crippen LogP) is 6.81. The van der Waals surface area contributed by atoms with Crippen LogP contribution in [0.3, 0.4) is 0 Å². The number of fused-ring (bicyclic) bond motifs is 2. The number of carbonyl (C=O) groups excluding carboxylic acids is 1. The minimum absolute atomic E-state index is 0.0695. The largest absolute Gasteiger partial charge is 0.507 e. The summed E-state index contributed by atoms with van der Waals surface area (Å²) in [7, 11) is 0. The molecule has 0 aliphatic heterocycles. The zero-order chi connectivity index (χ0) is 26.8. The summed E-state index contributed by atoms with van der Waals surface area (Å²) in [6.45, 7) is 0.491. The number of para-hydroxylation sites is 1. The van der Waals surface area contributed by atoms with Gasteiger partial charge in [0.25, 0.3) is 0 Å². The monoisotopic (exact) mass is 577 g/mol. The summed E-state index contributed by atoms with van der Waals surface area (Å²) in [5, 5.41) is 23.5. The number of amides is 1. The molecular formula is C31H24BrN5O2. The molecule has 0 saturated carbocycles. The van der Waals surface area contributed by atoms with Gasteiger partial charge < -0.3 is 15.7 Å². The van der Waals surface area contributed by atoms with Gasteiger partial charge in [-0.25, -0.2) is 4.98 Å². The number of carbonyl (C=O) groups is 1. The van der Waals surface area contributed by atoms with Crippen LogP contribution in [0.2, 0.25) is 0 Å². The van der Waals surface area contributed by atoms with E-state index in [0.29, 0.717) is 29.9 Å². The normalized spacial score (nSPS) is 11.1. The number of rotatable bonds is 7. The van der Waals surface area contributed by atoms with Crippen LogP contribution < -0.4 is 10.6 Å². The first-order chi connectivity index (χ1) is 19.0. The first-order valence-electron chi connectivity index (χ1n) is 12.5. The third-order valence-electron chi connectivity index (χ3n) is 6.47. The molecule has 0 aliphatic carbocycles. The summed E-state index contributed by atoms with van der Waals surface area (Å²) in [5.41, 5.74) is 4.58. The lowest BCUT2D eigenvalue weighted by Gasteiger charge is -2.13. The van der Waals surface area contributed by atoms with E-state index in [0.717, 1.165) is 37.9 Å². The number of halogens is 1. The Bertz CT molecular complexity index is 1830. The Morgan fingerprint density at radius 1 is 0.872 bits per heavy atom. The van der Waals surface area contributed by atoms with Crippen molar-refractivity contribution in [1.29, 1.82) is 0 Å². The highest BCUT2D eigenvalue weighted by Crippen LogP contribution is 2.31. The molecule has 3 N–H and O–H groups in total. The van der Waals surface area contributed by atoms with Crippen LogP contribution in [0.15, 0.2) is 108 Å². The van der Waals surface area contributed by atoms with Crippen molar-refractivity contribution in [3.8, 4) is 17.0 Å². The number of anilines is 2. The quantitative estimate of drug-likeness (QED) is 0.194. The number of hydrogen-bond acceptors (Lipinski definition) is 5. The third-order valence-corrected chi connectivity index (χ3v) is 7.03. The molecule has 2 aromatic heterocycles. The average molecular weight is 578 g/mol. The molecule has 1 amide bonds. The number of aromatic nitrogens is 3. The van der Waals surface area contributed by atoms with Crippen molar-refractivity contribution < 1.29 is 9.90 Å². The lowest BCUT2D eigenvalue weighted by molar-refractivity contribution is -0.115. The Hall–Kier alpha value is -4.69. The Kier molecular flexibility index (Phi) is 6.69. The third kappa shape index (κ3) is 5.32. The maximum atomic E-state index is 12.8. The number of phenolic OH excluding ortho intramolecular Hbond substituents is 1. The number of benzene rings is 4. The maximum absolute atomic E-state index is 12.8. The molecule has 0 unspecified atom stereocenters. The second-order valence-corrected chi connectivity index (χ2v) is 10.1. The van der Waals surface area contributed by atoms with E-state index >= 15 is 0 Å². The van der Waals surface area contributed by atoms with Gasteiger partial charge in [-0.05, 0) is 62.1 Å². The first-order valence-corrected chi connectivity index (χ1v) is 13.3. The van der Waals surface area contributed by atoms with Crippen LogP contribution in [0.25, 0.3) is 27.7 Å². The number of hydrogen-bond donors (Lipinski definition) is 3. The number of nitrogens with one attached hydrogen (secondary N) is 2. The molecule has 0 spiro atoms. The minimum atomic E-state index is -0.0695. The zero-order valence-corrected chi connectivity index (χ0v) is 22.4. The van der Waals surface area contributed by atoms with Gasteiger partial charge >= 0.3 is 0 Å². The molecule has 0 atom stereocenters. The van der Waals surface area contributed by atoms with Gasteiger partial charge in [0, 0.05) is 23.9 Å². The Labute approximate surface area is 233 Å². The Morgan fingerprint density at radius 2 is 1.69 bits per heavy atom. The van der Waals surface area contributed by atoms with E-state index < -0.39 is 0 Å². The lowest BCUT2D eigenvalue weighted by Crippen LogP contribution is -2.14. The molecular weight excluding hydrogens is 554 g/mol. The highest BCUT2D eigenvalue weighted by Gasteiger charge is 2.14. The topological polar surface area (TPSA) is 91.5 Å². The Balaban J connectivity index is 1.18. The summed E-state index contributed by atoms with van der Waals surface area (Å²) in [6.07, 6.45) is 1.99. The molecule has 2 heterocycles. The SMILES string of the molecule is O=C(Cc1ccc2ccccc2c1)Nc1cccc(CNc2cc(-c3ccccc3O)nc3c(Br)cnn23)c1. The van der Waals surface area contributed by atoms with Crippen LogP contribution in [0.5, 0.6) is 5.75 Å². The van der Waals surface area contributed by atoms with E-state index in [-0.39, 0.29) is 11.7 Å². The Morgan fingerprint density at radius 3 is 2.56 bits per heavy atom. The van der Waals surface area contributed by atoms with Crippen molar-refractivity contribution >= 4 is 49.8 Å². The molecule has 0 aliphatic rings. The number of phenols is 1. The van der Waals surface area contributed by atoms with Crippen LogP contribution >= 0.6 is 15.9 Å². The van der Waals surface area contributed by atoms with Gasteiger partial charge in [0.15, 0.2) is 5.65 Å². The van der Waals surface area contributed by atoms with Gasteiger partial charge in [0.2, 0.25) is 5.91 Å². The molecule has 6 rings (SSSR count). The summed E-state index contributed by atoms with van der Waals surface area (Å²) in [5.74, 6) is 0.803. The summed E-state index contributed by atoms with van der Waals surface area (Å²) in [6, 6.07) is 30.9. The smallest absolute Gasteiger partial charge is 0.228 e. The summed E-state index contributed by atoms with van der Waals surface area (Å²) >= 11 is 3.51. The molecule has 0 fully saturated rings. The van der Waals surface area contributed by atoms with E-state index in [1.54, 1.807) is 22.8 Å². The van der Waals surface area contributed by atoms with E-state index in [9.17, 15) is 9.90 Å². The van der Waals surface area contributed by atoms with Gasteiger partial charge in [-0.1, -0.05) is 66.7 Å². The van der Waals surface area contributed by atoms with Gasteiger partial charge in [-0.3, -0.25) is 4.79 Å². The van der Waals surface area contributed by atoms with Crippen LogP contribution in [0.1, 0.15) is 11.1 Å². The second kappa shape index (κ2) is 10.6. The zero-order valence-electron chi connectivity index (χ0n) is 20.8. The summed E-state index contributed by atoms with van der Waals surface area (Å²) in [4.78, 5) is 17.5. The second-order valence-electron chi connectivity index (χ2n) is 9.23. The van der Waals surface area contributed by atoms with E-state index in [1.807, 2.05) is 66.7 Å². The van der Waals surface area contributed by atoms with Gasteiger partial charge in [-0.15, -0.1) is 0 Å². The molecule has 0 bridgehead atoms. The molecule has 0 radical (unpaired) electrons. The van der Waals surface area contributed by atoms with Gasteiger partial charge in [0.1, 0.15) is 11.6 Å². The van der Waals surface area contributed by atoms with Crippen molar-refractivity contribution in [1.82, 2.24) is 14.6 Å². The molecule has 6 aromatic rings. The average Bonchev–Trinajstić information content (AvgIpc) is 3.32. The highest BCUT2D eigenvalue weighted by atomic mass is 79.9. The lowest BCUT2D eigenvalue weighted by atomic mass is 10.0. The fourth-order valence-electron chi connectivity index (χ4n) is 4.58. The van der Waals surface area contributed by atoms with E-state index in [2.05, 4.69) is 54.8 Å². The van der Waals surface area contributed by atoms with E-state index in [1.165, 1.54) is 0 Å². The number of nitrogens with zero attached hydrogens (tertiary/aromatic N) is 3. The van der Waals surface area contributed by atoms with Gasteiger partial charge in [0.05, 0.1) is 22.8 Å². The van der Waals surface area contributed by atoms with Crippen LogP contribution in [0.4, 0.5) is 11.5 Å². The fraction of sp³-hybridized carbons (Fsp3) is 0.0645. The molecule has 39 heavy (non-hydrogen) atoms. The summed E-state index contributed by atoms with van der Waals surface area (Å²) < 4.78 is 2.46. The molecule has 0 saturated heterocycles. The number of aromatic hydroxyl groups is 1. The molecule has 8 heteroatoms. The van der Waals surface area contributed by atoms with Crippen LogP contribution in [-0.2, 0) is 17.8 Å². The predicted molar refractivity (Wildman–Crippen MR) is 158 cm³/mol. The standard InChI is InChI=1S/C31H24BrN5O2/c32-26-19-34-37-29(17-27(36-31(26)37)25-10-3-4-11-28(25)38)33-18-21-6-5-9-24(15-21)35-30(39)16-20-12-13-22-7-1-2-8-23(22)14-20/h1-15,17,19,33,38H,16,18H2,(H,35,39). The van der Waals surface area contributed by atoms with Crippen molar-refractivity contribution in [2.45, 2.75) is 13.0 Å². The molecule has 4 aromatic carbocycles. The van der Waals surface area contributed by atoms with Crippen LogP contribution in [-0.4, -0.2) is 25.6 Å². The van der Waals surface area contributed by atoms with Gasteiger partial charge in [-0.2, -0.15) is 9.61 Å².